The number of hydrazine groups is 1. The normalized spacial score (nSPS) is 10.8. The van der Waals surface area contributed by atoms with Gasteiger partial charge in [0.25, 0.3) is 0 Å². The van der Waals surface area contributed by atoms with Crippen LogP contribution in [0.1, 0.15) is 0 Å². The largest absolute Gasteiger partial charge is 0.323 e. The van der Waals surface area contributed by atoms with E-state index in [4.69, 9.17) is 5.84 Å². The van der Waals surface area contributed by atoms with Crippen molar-refractivity contribution in [3.05, 3.63) is 23.7 Å². The summed E-state index contributed by atoms with van der Waals surface area (Å²) in [4.78, 5) is 9.43. The van der Waals surface area contributed by atoms with Gasteiger partial charge in [-0.15, -0.1) is 11.3 Å². The number of nitrogen functional groups attached to an aromatic ring is 1. The van der Waals surface area contributed by atoms with Crippen LogP contribution in [0.3, 0.4) is 0 Å². The van der Waals surface area contributed by atoms with E-state index in [0.29, 0.717) is 11.8 Å². The van der Waals surface area contributed by atoms with Crippen LogP contribution in [0.2, 0.25) is 0 Å². The van der Waals surface area contributed by atoms with E-state index in [1.807, 2.05) is 30.8 Å². The molecule has 8 heteroatoms. The molecule has 92 valence electrons. The smallest absolute Gasteiger partial charge is 0.240 e. The summed E-state index contributed by atoms with van der Waals surface area (Å²) in [6, 6.07) is 3.83. The van der Waals surface area contributed by atoms with Crippen molar-refractivity contribution < 1.29 is 0 Å². The summed E-state index contributed by atoms with van der Waals surface area (Å²) in [7, 11) is 1.86. The molecule has 0 unspecified atom stereocenters. The quantitative estimate of drug-likeness (QED) is 0.488. The molecule has 0 radical (unpaired) electrons. The van der Waals surface area contributed by atoms with Gasteiger partial charge in [0, 0.05) is 19.3 Å². The Labute approximate surface area is 107 Å². The van der Waals surface area contributed by atoms with Crippen molar-refractivity contribution in [2.75, 3.05) is 10.7 Å². The zero-order chi connectivity index (χ0) is 12.5. The first-order valence-corrected chi connectivity index (χ1v) is 6.13. The zero-order valence-electron chi connectivity index (χ0n) is 9.58. The maximum atomic E-state index is 5.36. The molecule has 4 N–H and O–H groups in total. The fourth-order valence-electron chi connectivity index (χ4n) is 1.62. The fourth-order valence-corrected chi connectivity index (χ4v) is 2.38. The molecule has 3 aromatic heterocycles. The standard InChI is InChI=1S/C10H11N7S/c1-17-4-2-7(16-17)12-8-6-3-5-18-9(6)14-10(13-8)15-11/h2-5H,11H2,1H3,(H2,12,13,14,15,16). The Balaban J connectivity index is 2.06. The van der Waals surface area contributed by atoms with E-state index in [1.54, 1.807) is 4.68 Å². The Morgan fingerprint density at radius 2 is 2.22 bits per heavy atom. The molecule has 0 fully saturated rings. The molecule has 0 bridgehead atoms. The molecule has 3 aromatic rings. The summed E-state index contributed by atoms with van der Waals surface area (Å²) >= 11 is 1.53. The predicted molar refractivity (Wildman–Crippen MR) is 71.7 cm³/mol. The third-order valence-electron chi connectivity index (χ3n) is 2.41. The van der Waals surface area contributed by atoms with Gasteiger partial charge < -0.3 is 5.32 Å². The van der Waals surface area contributed by atoms with Crippen LogP contribution in [0.25, 0.3) is 10.2 Å². The van der Waals surface area contributed by atoms with Gasteiger partial charge in [0.15, 0.2) is 5.82 Å². The van der Waals surface area contributed by atoms with Crippen LogP contribution < -0.4 is 16.6 Å². The maximum Gasteiger partial charge on any atom is 0.240 e. The lowest BCUT2D eigenvalue weighted by atomic mass is 10.4. The highest BCUT2D eigenvalue weighted by Crippen LogP contribution is 2.27. The molecule has 0 amide bonds. The lowest BCUT2D eigenvalue weighted by Gasteiger charge is -2.05. The highest BCUT2D eigenvalue weighted by atomic mass is 32.1. The number of aryl methyl sites for hydroxylation is 1. The Kier molecular flexibility index (Phi) is 2.58. The molecule has 18 heavy (non-hydrogen) atoms. The van der Waals surface area contributed by atoms with Gasteiger partial charge in [0.1, 0.15) is 10.6 Å². The van der Waals surface area contributed by atoms with Crippen molar-refractivity contribution in [3.63, 3.8) is 0 Å². The summed E-state index contributed by atoms with van der Waals surface area (Å²) in [5.74, 6) is 7.15. The lowest BCUT2D eigenvalue weighted by Crippen LogP contribution is -2.11. The molecular weight excluding hydrogens is 250 g/mol. The second-order valence-corrected chi connectivity index (χ2v) is 4.57. The van der Waals surface area contributed by atoms with Crippen LogP contribution in [0, 0.1) is 0 Å². The second-order valence-electron chi connectivity index (χ2n) is 3.68. The van der Waals surface area contributed by atoms with E-state index in [1.165, 1.54) is 11.3 Å². The van der Waals surface area contributed by atoms with E-state index in [-0.39, 0.29) is 0 Å². The number of nitrogens with two attached hydrogens (primary N) is 1. The first-order chi connectivity index (χ1) is 8.76. The number of hydrogen-bond donors (Lipinski definition) is 3. The average Bonchev–Trinajstić information content (AvgIpc) is 2.98. The predicted octanol–water partition coefficient (Wildman–Crippen LogP) is 1.45. The Bertz CT molecular complexity index is 686. The van der Waals surface area contributed by atoms with Crippen molar-refractivity contribution in [2.24, 2.45) is 12.9 Å². The number of thiophene rings is 1. The van der Waals surface area contributed by atoms with E-state index >= 15 is 0 Å². The third kappa shape index (κ3) is 1.87. The van der Waals surface area contributed by atoms with Crippen molar-refractivity contribution in [2.45, 2.75) is 0 Å². The van der Waals surface area contributed by atoms with Crippen molar-refractivity contribution >= 4 is 39.1 Å². The van der Waals surface area contributed by atoms with Gasteiger partial charge in [0.2, 0.25) is 5.95 Å². The molecule has 0 spiro atoms. The molecule has 3 rings (SSSR count). The molecule has 7 nitrogen and oxygen atoms in total. The van der Waals surface area contributed by atoms with Gasteiger partial charge >= 0.3 is 0 Å². The summed E-state index contributed by atoms with van der Waals surface area (Å²) in [5, 5.41) is 10.3. The first-order valence-electron chi connectivity index (χ1n) is 5.25. The molecule has 3 heterocycles. The minimum Gasteiger partial charge on any atom is -0.323 e. The van der Waals surface area contributed by atoms with Gasteiger partial charge in [-0.25, -0.2) is 10.8 Å². The second kappa shape index (κ2) is 4.24. The lowest BCUT2D eigenvalue weighted by molar-refractivity contribution is 0.771. The van der Waals surface area contributed by atoms with Crippen LogP contribution in [-0.2, 0) is 7.05 Å². The maximum absolute atomic E-state index is 5.36. The summed E-state index contributed by atoms with van der Waals surface area (Å²) < 4.78 is 1.72. The monoisotopic (exact) mass is 261 g/mol. The third-order valence-corrected chi connectivity index (χ3v) is 3.22. The highest BCUT2D eigenvalue weighted by Gasteiger charge is 2.09. The Morgan fingerprint density at radius 1 is 1.33 bits per heavy atom. The van der Waals surface area contributed by atoms with Gasteiger partial charge in [-0.05, 0) is 11.4 Å². The number of nitrogens with zero attached hydrogens (tertiary/aromatic N) is 4. The van der Waals surface area contributed by atoms with Crippen LogP contribution in [0.15, 0.2) is 23.7 Å². The number of hydrogen-bond acceptors (Lipinski definition) is 7. The zero-order valence-corrected chi connectivity index (χ0v) is 10.4. The molecule has 0 atom stereocenters. The summed E-state index contributed by atoms with van der Waals surface area (Å²) in [6.45, 7) is 0. The number of aromatic nitrogens is 4. The van der Waals surface area contributed by atoms with Crippen LogP contribution in [0.4, 0.5) is 17.6 Å². The van der Waals surface area contributed by atoms with Gasteiger partial charge in [-0.2, -0.15) is 10.1 Å². The van der Waals surface area contributed by atoms with Gasteiger partial charge in [0.05, 0.1) is 5.39 Å². The fraction of sp³-hybridized carbons (Fsp3) is 0.100. The average molecular weight is 261 g/mol. The van der Waals surface area contributed by atoms with E-state index in [2.05, 4.69) is 25.8 Å². The number of rotatable bonds is 3. The molecule has 0 aliphatic heterocycles. The van der Waals surface area contributed by atoms with E-state index in [9.17, 15) is 0 Å². The van der Waals surface area contributed by atoms with Crippen molar-refractivity contribution in [1.82, 2.24) is 19.7 Å². The SMILES string of the molecule is Cn1ccc(Nc2nc(NN)nc3sccc23)n1. The minimum atomic E-state index is 0.378. The molecule has 0 aliphatic carbocycles. The number of nitrogens with one attached hydrogen (secondary N) is 2. The Morgan fingerprint density at radius 3 is 2.94 bits per heavy atom. The number of anilines is 3. The first kappa shape index (κ1) is 10.9. The van der Waals surface area contributed by atoms with E-state index < -0.39 is 0 Å². The van der Waals surface area contributed by atoms with Crippen LogP contribution >= 0.6 is 11.3 Å². The molecule has 0 saturated carbocycles. The Hall–Kier alpha value is -2.19. The number of fused-ring (bicyclic) bond motifs is 1. The van der Waals surface area contributed by atoms with Crippen LogP contribution in [-0.4, -0.2) is 19.7 Å². The van der Waals surface area contributed by atoms with Gasteiger partial charge in [-0.1, -0.05) is 0 Å². The molecule has 0 saturated heterocycles. The van der Waals surface area contributed by atoms with Crippen LogP contribution in [0.5, 0.6) is 0 Å². The summed E-state index contributed by atoms with van der Waals surface area (Å²) in [6.07, 6.45) is 1.86. The molecular formula is C10H11N7S. The topological polar surface area (TPSA) is 93.7 Å². The summed E-state index contributed by atoms with van der Waals surface area (Å²) in [5.41, 5.74) is 2.46. The minimum absolute atomic E-state index is 0.378. The van der Waals surface area contributed by atoms with E-state index in [0.717, 1.165) is 16.0 Å². The van der Waals surface area contributed by atoms with Gasteiger partial charge in [-0.3, -0.25) is 10.1 Å². The molecule has 0 aromatic carbocycles. The van der Waals surface area contributed by atoms with Crippen molar-refractivity contribution in [3.8, 4) is 0 Å². The van der Waals surface area contributed by atoms with Crippen molar-refractivity contribution in [1.29, 1.82) is 0 Å². The highest BCUT2D eigenvalue weighted by molar-refractivity contribution is 7.16. The molecule has 0 aliphatic rings.